The maximum atomic E-state index is 12.3. The summed E-state index contributed by atoms with van der Waals surface area (Å²) in [6.07, 6.45) is 8.80. The molecule has 6 heteroatoms. The zero-order chi connectivity index (χ0) is 16.8. The number of aromatic nitrogens is 2. The number of benzene rings is 1. The molecule has 1 aliphatic carbocycles. The van der Waals surface area contributed by atoms with Crippen molar-refractivity contribution in [2.45, 2.75) is 31.8 Å². The Morgan fingerprint density at radius 1 is 1.29 bits per heavy atom. The third-order valence-electron chi connectivity index (χ3n) is 4.38. The Hall–Kier alpha value is -2.47. The van der Waals surface area contributed by atoms with Crippen molar-refractivity contribution in [1.82, 2.24) is 15.3 Å². The third-order valence-corrected chi connectivity index (χ3v) is 4.38. The average molecular weight is 326 g/mol. The number of anilines is 2. The van der Waals surface area contributed by atoms with Crippen molar-refractivity contribution in [1.29, 1.82) is 0 Å². The first-order valence-corrected chi connectivity index (χ1v) is 8.32. The first kappa shape index (κ1) is 16.4. The molecule has 1 aromatic carbocycles. The van der Waals surface area contributed by atoms with E-state index in [0.717, 1.165) is 18.5 Å². The Balaban J connectivity index is 1.57. The minimum absolute atomic E-state index is 0.185. The predicted octanol–water partition coefficient (Wildman–Crippen LogP) is 2.50. The van der Waals surface area contributed by atoms with Crippen molar-refractivity contribution < 1.29 is 9.90 Å². The first-order valence-electron chi connectivity index (χ1n) is 8.32. The van der Waals surface area contributed by atoms with Gasteiger partial charge in [-0.25, -0.2) is 4.98 Å². The second-order valence-electron chi connectivity index (χ2n) is 6.12. The number of aliphatic hydroxyl groups excluding tert-OH is 1. The Labute approximate surface area is 141 Å². The molecular weight excluding hydrogens is 304 g/mol. The van der Waals surface area contributed by atoms with Gasteiger partial charge in [-0.1, -0.05) is 18.9 Å². The summed E-state index contributed by atoms with van der Waals surface area (Å²) in [7, 11) is 0. The number of amides is 1. The van der Waals surface area contributed by atoms with Gasteiger partial charge in [-0.3, -0.25) is 9.78 Å². The van der Waals surface area contributed by atoms with Gasteiger partial charge in [0, 0.05) is 30.2 Å². The molecule has 0 bridgehead atoms. The molecule has 24 heavy (non-hydrogen) atoms. The highest BCUT2D eigenvalue weighted by Crippen LogP contribution is 2.27. The van der Waals surface area contributed by atoms with Crippen LogP contribution in [-0.4, -0.2) is 33.6 Å². The van der Waals surface area contributed by atoms with Gasteiger partial charge in [0.05, 0.1) is 12.3 Å². The van der Waals surface area contributed by atoms with Gasteiger partial charge in [0.15, 0.2) is 0 Å². The molecule has 0 spiro atoms. The molecule has 1 saturated carbocycles. The predicted molar refractivity (Wildman–Crippen MR) is 92.1 cm³/mol. The first-order chi connectivity index (χ1) is 11.7. The summed E-state index contributed by atoms with van der Waals surface area (Å²) in [5.74, 6) is 0.747. The smallest absolute Gasteiger partial charge is 0.251 e. The minimum atomic E-state index is -0.461. The lowest BCUT2D eigenvalue weighted by Crippen LogP contribution is -2.35. The maximum Gasteiger partial charge on any atom is 0.251 e. The summed E-state index contributed by atoms with van der Waals surface area (Å²) in [6.45, 7) is 0.297. The summed E-state index contributed by atoms with van der Waals surface area (Å²) in [6, 6.07) is 7.17. The van der Waals surface area contributed by atoms with Crippen LogP contribution >= 0.6 is 0 Å². The lowest BCUT2D eigenvalue weighted by molar-refractivity contribution is 0.0840. The van der Waals surface area contributed by atoms with E-state index < -0.39 is 6.10 Å². The van der Waals surface area contributed by atoms with Crippen LogP contribution in [0.4, 0.5) is 11.5 Å². The average Bonchev–Trinajstić information content (AvgIpc) is 3.15. The van der Waals surface area contributed by atoms with Gasteiger partial charge >= 0.3 is 0 Å². The van der Waals surface area contributed by atoms with E-state index in [1.807, 2.05) is 6.07 Å². The lowest BCUT2D eigenvalue weighted by Gasteiger charge is -2.18. The van der Waals surface area contributed by atoms with E-state index >= 15 is 0 Å². The van der Waals surface area contributed by atoms with Crippen molar-refractivity contribution in [3.8, 4) is 0 Å². The van der Waals surface area contributed by atoms with Crippen molar-refractivity contribution in [2.75, 3.05) is 11.9 Å². The fraction of sp³-hybridized carbons (Fsp3) is 0.389. The van der Waals surface area contributed by atoms with Gasteiger partial charge in [0.25, 0.3) is 5.91 Å². The number of aliphatic hydroxyl groups is 1. The molecule has 0 radical (unpaired) electrons. The molecule has 1 amide bonds. The molecule has 6 nitrogen and oxygen atoms in total. The van der Waals surface area contributed by atoms with E-state index in [0.29, 0.717) is 23.8 Å². The van der Waals surface area contributed by atoms with E-state index in [9.17, 15) is 9.90 Å². The number of rotatable bonds is 6. The number of nitrogens with one attached hydrogen (secondary N) is 2. The topological polar surface area (TPSA) is 87.1 Å². The van der Waals surface area contributed by atoms with Gasteiger partial charge in [-0.2, -0.15) is 0 Å². The zero-order valence-corrected chi connectivity index (χ0v) is 13.5. The van der Waals surface area contributed by atoms with Gasteiger partial charge in [0.2, 0.25) is 0 Å². The second-order valence-corrected chi connectivity index (χ2v) is 6.12. The summed E-state index contributed by atoms with van der Waals surface area (Å²) >= 11 is 0. The number of hydrogen-bond donors (Lipinski definition) is 3. The van der Waals surface area contributed by atoms with Gasteiger partial charge in [-0.15, -0.1) is 0 Å². The van der Waals surface area contributed by atoms with Crippen LogP contribution in [0.2, 0.25) is 0 Å². The largest absolute Gasteiger partial charge is 0.391 e. The van der Waals surface area contributed by atoms with Crippen molar-refractivity contribution in [2.24, 2.45) is 5.92 Å². The van der Waals surface area contributed by atoms with Crippen LogP contribution in [0.5, 0.6) is 0 Å². The summed E-state index contributed by atoms with van der Waals surface area (Å²) in [5.41, 5.74) is 1.31. The maximum absolute atomic E-state index is 12.3. The van der Waals surface area contributed by atoms with Gasteiger partial charge in [-0.05, 0) is 37.0 Å². The number of nitrogens with zero attached hydrogens (tertiary/aromatic N) is 2. The standard InChI is InChI=1S/C18H22N4O2/c23-16(13-4-1-2-5-13)11-21-18(24)14-6-3-7-15(10-14)22-17-12-19-8-9-20-17/h3,6-10,12-13,16,23H,1-2,4-5,11H2,(H,20,22)(H,21,24). The summed E-state index contributed by atoms with van der Waals surface area (Å²) in [4.78, 5) is 20.4. The van der Waals surface area contributed by atoms with Gasteiger partial charge in [0.1, 0.15) is 5.82 Å². The van der Waals surface area contributed by atoms with Crippen LogP contribution in [-0.2, 0) is 0 Å². The Bertz CT molecular complexity index is 672. The Kier molecular flexibility index (Phi) is 5.38. The molecule has 1 unspecified atom stereocenters. The summed E-state index contributed by atoms with van der Waals surface area (Å²) in [5, 5.41) is 16.1. The quantitative estimate of drug-likeness (QED) is 0.759. The van der Waals surface area contributed by atoms with Gasteiger partial charge < -0.3 is 15.7 Å². The molecule has 1 aliphatic rings. The van der Waals surface area contributed by atoms with E-state index in [2.05, 4.69) is 20.6 Å². The highest BCUT2D eigenvalue weighted by Gasteiger charge is 2.23. The molecule has 1 fully saturated rings. The minimum Gasteiger partial charge on any atom is -0.391 e. The van der Waals surface area contributed by atoms with Crippen LogP contribution in [0.3, 0.4) is 0 Å². The Morgan fingerprint density at radius 3 is 2.88 bits per heavy atom. The third kappa shape index (κ3) is 4.29. The van der Waals surface area contributed by atoms with E-state index in [1.165, 1.54) is 12.8 Å². The molecule has 2 aromatic rings. The molecule has 1 aromatic heterocycles. The molecule has 126 valence electrons. The highest BCUT2D eigenvalue weighted by molar-refractivity contribution is 5.95. The zero-order valence-electron chi connectivity index (χ0n) is 13.5. The number of carbonyl (C=O) groups is 1. The number of carbonyl (C=O) groups excluding carboxylic acids is 1. The van der Waals surface area contributed by atoms with Crippen LogP contribution in [0.25, 0.3) is 0 Å². The van der Waals surface area contributed by atoms with Crippen LogP contribution in [0.15, 0.2) is 42.9 Å². The fourth-order valence-electron chi connectivity index (χ4n) is 3.06. The summed E-state index contributed by atoms with van der Waals surface area (Å²) < 4.78 is 0. The van der Waals surface area contributed by atoms with Crippen LogP contribution in [0, 0.1) is 5.92 Å². The molecule has 1 atom stereocenters. The molecule has 3 rings (SSSR count). The van der Waals surface area contributed by atoms with Crippen molar-refractivity contribution in [3.05, 3.63) is 48.4 Å². The highest BCUT2D eigenvalue weighted by atomic mass is 16.3. The monoisotopic (exact) mass is 326 g/mol. The van der Waals surface area contributed by atoms with Crippen LogP contribution < -0.4 is 10.6 Å². The lowest BCUT2D eigenvalue weighted by atomic mass is 10.0. The van der Waals surface area contributed by atoms with Crippen LogP contribution in [0.1, 0.15) is 36.0 Å². The molecular formula is C18H22N4O2. The fourth-order valence-corrected chi connectivity index (χ4v) is 3.06. The Morgan fingerprint density at radius 2 is 2.12 bits per heavy atom. The van der Waals surface area contributed by atoms with E-state index in [1.54, 1.807) is 36.8 Å². The van der Waals surface area contributed by atoms with Crippen molar-refractivity contribution >= 4 is 17.4 Å². The van der Waals surface area contributed by atoms with E-state index in [4.69, 9.17) is 0 Å². The van der Waals surface area contributed by atoms with E-state index in [-0.39, 0.29) is 5.91 Å². The number of hydrogen-bond acceptors (Lipinski definition) is 5. The SMILES string of the molecule is O=C(NCC(O)C1CCCC1)c1cccc(Nc2cnccn2)c1. The normalized spacial score (nSPS) is 15.9. The molecule has 3 N–H and O–H groups in total. The van der Waals surface area contributed by atoms with Crippen molar-refractivity contribution in [3.63, 3.8) is 0 Å². The molecule has 0 aliphatic heterocycles. The molecule has 0 saturated heterocycles. The second kappa shape index (κ2) is 7.88. The molecule has 1 heterocycles.